The first-order valence-corrected chi connectivity index (χ1v) is 7.04. The zero-order chi connectivity index (χ0) is 14.7. The van der Waals surface area contributed by atoms with Crippen LogP contribution < -0.4 is 5.32 Å². The lowest BCUT2D eigenvalue weighted by Gasteiger charge is -2.08. The Morgan fingerprint density at radius 3 is 2.71 bits per heavy atom. The van der Waals surface area contributed by atoms with Crippen molar-refractivity contribution in [3.63, 3.8) is 0 Å². The summed E-state index contributed by atoms with van der Waals surface area (Å²) in [4.78, 5) is 12.0. The van der Waals surface area contributed by atoms with Crippen molar-refractivity contribution < 1.29 is 9.21 Å². The van der Waals surface area contributed by atoms with E-state index >= 15 is 0 Å². The first-order valence-electron chi connectivity index (χ1n) is 7.04. The molecule has 0 aliphatic rings. The summed E-state index contributed by atoms with van der Waals surface area (Å²) in [5.74, 6) is 0.569. The third-order valence-electron chi connectivity index (χ3n) is 3.66. The predicted octanol–water partition coefficient (Wildman–Crippen LogP) is 3.71. The van der Waals surface area contributed by atoms with Crippen LogP contribution in [0.5, 0.6) is 0 Å². The van der Waals surface area contributed by atoms with Crippen molar-refractivity contribution >= 4 is 16.7 Å². The first kappa shape index (κ1) is 13.4. The summed E-state index contributed by atoms with van der Waals surface area (Å²) in [6.45, 7) is 2.40. The molecular weight excluding hydrogens is 262 g/mol. The second-order valence-electron chi connectivity index (χ2n) is 5.03. The molecule has 0 aliphatic carbocycles. The van der Waals surface area contributed by atoms with Crippen LogP contribution >= 0.6 is 0 Å². The van der Waals surface area contributed by atoms with Gasteiger partial charge in [-0.15, -0.1) is 0 Å². The van der Waals surface area contributed by atoms with E-state index in [9.17, 15) is 4.79 Å². The van der Waals surface area contributed by atoms with E-state index < -0.39 is 0 Å². The number of amides is 1. The predicted molar refractivity (Wildman–Crippen MR) is 83.4 cm³/mol. The molecule has 0 radical (unpaired) electrons. The van der Waals surface area contributed by atoms with Crippen molar-refractivity contribution in [3.8, 4) is 0 Å². The minimum atomic E-state index is -0.0820. The van der Waals surface area contributed by atoms with Crippen LogP contribution in [0.25, 0.3) is 10.8 Å². The molecule has 106 valence electrons. The van der Waals surface area contributed by atoms with Gasteiger partial charge >= 0.3 is 0 Å². The van der Waals surface area contributed by atoms with Crippen LogP contribution in [0.15, 0.2) is 59.2 Å². The van der Waals surface area contributed by atoms with Gasteiger partial charge in [-0.1, -0.05) is 42.5 Å². The summed E-state index contributed by atoms with van der Waals surface area (Å²) in [7, 11) is 0. The number of rotatable bonds is 4. The molecule has 0 unspecified atom stereocenters. The minimum Gasteiger partial charge on any atom is -0.469 e. The molecule has 0 saturated carbocycles. The van der Waals surface area contributed by atoms with Crippen LogP contribution in [0.4, 0.5) is 0 Å². The van der Waals surface area contributed by atoms with Gasteiger partial charge in [0, 0.05) is 6.54 Å². The van der Waals surface area contributed by atoms with E-state index in [1.54, 1.807) is 13.0 Å². The normalized spacial score (nSPS) is 10.7. The molecule has 0 spiro atoms. The van der Waals surface area contributed by atoms with Gasteiger partial charge in [-0.2, -0.15) is 0 Å². The molecule has 1 amide bonds. The van der Waals surface area contributed by atoms with Crippen LogP contribution in [0.1, 0.15) is 21.7 Å². The van der Waals surface area contributed by atoms with Crippen LogP contribution in [-0.2, 0) is 6.42 Å². The highest BCUT2D eigenvalue weighted by Crippen LogP contribution is 2.18. The standard InChI is InChI=1S/C18H17NO2/c1-13-16(10-12-21-13)18(20)19-11-9-15-7-4-6-14-5-2-3-8-17(14)15/h2-8,10,12H,9,11H2,1H3,(H,19,20). The summed E-state index contributed by atoms with van der Waals surface area (Å²) in [5, 5.41) is 5.41. The topological polar surface area (TPSA) is 42.2 Å². The highest BCUT2D eigenvalue weighted by molar-refractivity contribution is 5.95. The number of hydrogen-bond donors (Lipinski definition) is 1. The Morgan fingerprint density at radius 1 is 1.10 bits per heavy atom. The van der Waals surface area contributed by atoms with Gasteiger partial charge in [-0.25, -0.2) is 0 Å². The van der Waals surface area contributed by atoms with Crippen LogP contribution in [-0.4, -0.2) is 12.5 Å². The summed E-state index contributed by atoms with van der Waals surface area (Å²) >= 11 is 0. The van der Waals surface area contributed by atoms with Gasteiger partial charge in [-0.05, 0) is 35.7 Å². The van der Waals surface area contributed by atoms with Gasteiger partial charge in [0.1, 0.15) is 5.76 Å². The van der Waals surface area contributed by atoms with Gasteiger partial charge in [0.2, 0.25) is 0 Å². The SMILES string of the molecule is Cc1occc1C(=O)NCCc1cccc2ccccc12. The van der Waals surface area contributed by atoms with E-state index in [1.807, 2.05) is 12.1 Å². The van der Waals surface area contributed by atoms with Crippen molar-refractivity contribution in [1.82, 2.24) is 5.32 Å². The average Bonchev–Trinajstić information content (AvgIpc) is 2.93. The monoisotopic (exact) mass is 279 g/mol. The fourth-order valence-electron chi connectivity index (χ4n) is 2.54. The number of carbonyl (C=O) groups is 1. The van der Waals surface area contributed by atoms with Crippen molar-refractivity contribution in [2.75, 3.05) is 6.54 Å². The molecule has 3 nitrogen and oxygen atoms in total. The minimum absolute atomic E-state index is 0.0820. The molecular formula is C18H17NO2. The molecule has 0 fully saturated rings. The summed E-state index contributed by atoms with van der Waals surface area (Å²) in [5.41, 5.74) is 1.85. The van der Waals surface area contributed by atoms with Crippen molar-refractivity contribution in [1.29, 1.82) is 0 Å². The maximum Gasteiger partial charge on any atom is 0.254 e. The Hall–Kier alpha value is -2.55. The van der Waals surface area contributed by atoms with E-state index in [2.05, 4.69) is 35.6 Å². The number of fused-ring (bicyclic) bond motifs is 1. The molecule has 0 bridgehead atoms. The maximum absolute atomic E-state index is 12.0. The molecule has 3 heteroatoms. The van der Waals surface area contributed by atoms with Crippen LogP contribution in [0.3, 0.4) is 0 Å². The van der Waals surface area contributed by atoms with Crippen molar-refractivity contribution in [2.45, 2.75) is 13.3 Å². The highest BCUT2D eigenvalue weighted by Gasteiger charge is 2.10. The molecule has 21 heavy (non-hydrogen) atoms. The lowest BCUT2D eigenvalue weighted by atomic mass is 10.0. The third-order valence-corrected chi connectivity index (χ3v) is 3.66. The van der Waals surface area contributed by atoms with Crippen molar-refractivity contribution in [2.24, 2.45) is 0 Å². The average molecular weight is 279 g/mol. The maximum atomic E-state index is 12.0. The van der Waals surface area contributed by atoms with Gasteiger partial charge < -0.3 is 9.73 Å². The second-order valence-corrected chi connectivity index (χ2v) is 5.03. The quantitative estimate of drug-likeness (QED) is 0.791. The molecule has 3 aromatic rings. The van der Waals surface area contributed by atoms with E-state index in [0.29, 0.717) is 17.9 Å². The smallest absolute Gasteiger partial charge is 0.254 e. The zero-order valence-electron chi connectivity index (χ0n) is 11.9. The summed E-state index contributed by atoms with van der Waals surface area (Å²) < 4.78 is 5.15. The number of nitrogens with one attached hydrogen (secondary N) is 1. The van der Waals surface area contributed by atoms with E-state index in [-0.39, 0.29) is 5.91 Å². The molecule has 1 aromatic heterocycles. The van der Waals surface area contributed by atoms with E-state index in [0.717, 1.165) is 6.42 Å². The van der Waals surface area contributed by atoms with Crippen LogP contribution in [0, 0.1) is 6.92 Å². The Labute approximate surface area is 123 Å². The molecule has 2 aromatic carbocycles. The fourth-order valence-corrected chi connectivity index (χ4v) is 2.54. The highest BCUT2D eigenvalue weighted by atomic mass is 16.3. The van der Waals surface area contributed by atoms with Gasteiger partial charge in [0.05, 0.1) is 11.8 Å². The Balaban J connectivity index is 1.67. The number of hydrogen-bond acceptors (Lipinski definition) is 2. The molecule has 1 N–H and O–H groups in total. The Morgan fingerprint density at radius 2 is 1.90 bits per heavy atom. The molecule has 0 saturated heterocycles. The van der Waals surface area contributed by atoms with E-state index in [1.165, 1.54) is 22.6 Å². The van der Waals surface area contributed by atoms with Gasteiger partial charge in [-0.3, -0.25) is 4.79 Å². The van der Waals surface area contributed by atoms with Crippen molar-refractivity contribution in [3.05, 3.63) is 71.7 Å². The summed E-state index contributed by atoms with van der Waals surface area (Å²) in [6, 6.07) is 16.3. The number of benzene rings is 2. The lowest BCUT2D eigenvalue weighted by Crippen LogP contribution is -2.25. The fraction of sp³-hybridized carbons (Fsp3) is 0.167. The largest absolute Gasteiger partial charge is 0.469 e. The molecule has 1 heterocycles. The second kappa shape index (κ2) is 5.83. The zero-order valence-corrected chi connectivity index (χ0v) is 11.9. The molecule has 0 atom stereocenters. The van der Waals surface area contributed by atoms with Gasteiger partial charge in [0.25, 0.3) is 5.91 Å². The Kier molecular flexibility index (Phi) is 3.73. The molecule has 0 aliphatic heterocycles. The number of aryl methyl sites for hydroxylation is 1. The van der Waals surface area contributed by atoms with Gasteiger partial charge in [0.15, 0.2) is 0 Å². The summed E-state index contributed by atoms with van der Waals surface area (Å²) in [6.07, 6.45) is 2.35. The van der Waals surface area contributed by atoms with Crippen LogP contribution in [0.2, 0.25) is 0 Å². The lowest BCUT2D eigenvalue weighted by molar-refractivity contribution is 0.0952. The Bertz CT molecular complexity index is 768. The van der Waals surface area contributed by atoms with E-state index in [4.69, 9.17) is 4.42 Å². The number of furan rings is 1. The third kappa shape index (κ3) is 2.82. The number of carbonyl (C=O) groups excluding carboxylic acids is 1. The first-order chi connectivity index (χ1) is 10.3. The molecule has 3 rings (SSSR count).